The van der Waals surface area contributed by atoms with Crippen LogP contribution in [0.2, 0.25) is 0 Å². The molecule has 0 fully saturated rings. The van der Waals surface area contributed by atoms with E-state index < -0.39 is 0 Å². The second kappa shape index (κ2) is 5.61. The third kappa shape index (κ3) is 2.72. The molecule has 1 heterocycles. The second-order valence-corrected chi connectivity index (χ2v) is 4.80. The molecule has 0 aliphatic carbocycles. The molecule has 0 aliphatic rings. The normalized spacial score (nSPS) is 10.6. The monoisotopic (exact) mass is 264 g/mol. The summed E-state index contributed by atoms with van der Waals surface area (Å²) in [5, 5.41) is 4.06. The number of nitrogens with one attached hydrogen (secondary N) is 2. The van der Waals surface area contributed by atoms with E-state index in [0.29, 0.717) is 13.0 Å². The molecule has 1 aromatic heterocycles. The molecule has 0 saturated heterocycles. The second-order valence-electron chi connectivity index (χ2n) is 4.80. The number of carbonyl (C=O) groups is 1. The van der Waals surface area contributed by atoms with Crippen molar-refractivity contribution in [1.29, 1.82) is 0 Å². The third-order valence-electron chi connectivity index (χ3n) is 3.36. The highest BCUT2D eigenvalue weighted by molar-refractivity contribution is 5.88. The van der Waals surface area contributed by atoms with E-state index in [9.17, 15) is 4.79 Å². The lowest BCUT2D eigenvalue weighted by molar-refractivity contribution is -0.120. The highest BCUT2D eigenvalue weighted by atomic mass is 16.1. The van der Waals surface area contributed by atoms with E-state index >= 15 is 0 Å². The minimum atomic E-state index is 0.0404. The van der Waals surface area contributed by atoms with Gasteiger partial charge in [-0.1, -0.05) is 48.5 Å². The Hall–Kier alpha value is -2.55. The average Bonchev–Trinajstić information content (AvgIpc) is 2.90. The van der Waals surface area contributed by atoms with Gasteiger partial charge in [0.05, 0.1) is 6.42 Å². The van der Waals surface area contributed by atoms with Crippen molar-refractivity contribution in [2.45, 2.75) is 13.0 Å². The number of rotatable bonds is 4. The lowest BCUT2D eigenvalue weighted by Crippen LogP contribution is -2.24. The molecule has 20 heavy (non-hydrogen) atoms. The molecule has 0 bridgehead atoms. The van der Waals surface area contributed by atoms with Crippen LogP contribution in [0.5, 0.6) is 0 Å². The Morgan fingerprint density at radius 3 is 2.60 bits per heavy atom. The SMILES string of the molecule is O=C(Cc1c[nH]c2ccccc12)NCc1ccccc1. The number of fused-ring (bicyclic) bond motifs is 1. The molecule has 0 saturated carbocycles. The lowest BCUT2D eigenvalue weighted by Gasteiger charge is -2.04. The molecular weight excluding hydrogens is 248 g/mol. The van der Waals surface area contributed by atoms with Crippen LogP contribution in [0.1, 0.15) is 11.1 Å². The minimum Gasteiger partial charge on any atom is -0.361 e. The van der Waals surface area contributed by atoms with E-state index in [1.54, 1.807) is 0 Å². The van der Waals surface area contributed by atoms with Crippen LogP contribution in [0.4, 0.5) is 0 Å². The van der Waals surface area contributed by atoms with E-state index in [1.165, 1.54) is 0 Å². The summed E-state index contributed by atoms with van der Waals surface area (Å²) < 4.78 is 0. The van der Waals surface area contributed by atoms with Gasteiger partial charge in [-0.15, -0.1) is 0 Å². The fourth-order valence-electron chi connectivity index (χ4n) is 2.31. The number of amides is 1. The Balaban J connectivity index is 1.64. The Labute approximate surface area is 117 Å². The highest BCUT2D eigenvalue weighted by Gasteiger charge is 2.08. The summed E-state index contributed by atoms with van der Waals surface area (Å²) in [6.45, 7) is 0.571. The maximum atomic E-state index is 12.0. The van der Waals surface area contributed by atoms with Crippen LogP contribution in [0, 0.1) is 0 Å². The molecular formula is C17H16N2O. The largest absolute Gasteiger partial charge is 0.361 e. The summed E-state index contributed by atoms with van der Waals surface area (Å²) in [6, 6.07) is 17.9. The van der Waals surface area contributed by atoms with Gasteiger partial charge in [-0.05, 0) is 17.2 Å². The maximum Gasteiger partial charge on any atom is 0.224 e. The molecule has 3 rings (SSSR count). The van der Waals surface area contributed by atoms with Crippen LogP contribution in [-0.2, 0) is 17.8 Å². The maximum absolute atomic E-state index is 12.0. The third-order valence-corrected chi connectivity index (χ3v) is 3.36. The van der Waals surface area contributed by atoms with E-state index in [-0.39, 0.29) is 5.91 Å². The van der Waals surface area contributed by atoms with Crippen LogP contribution in [0.3, 0.4) is 0 Å². The van der Waals surface area contributed by atoms with Crippen molar-refractivity contribution >= 4 is 16.8 Å². The van der Waals surface area contributed by atoms with Gasteiger partial charge < -0.3 is 10.3 Å². The molecule has 2 N–H and O–H groups in total. The first kappa shape index (κ1) is 12.5. The van der Waals surface area contributed by atoms with Gasteiger partial charge in [0.15, 0.2) is 0 Å². The van der Waals surface area contributed by atoms with Gasteiger partial charge in [0.1, 0.15) is 0 Å². The van der Waals surface area contributed by atoms with Gasteiger partial charge in [-0.2, -0.15) is 0 Å². The first-order chi connectivity index (χ1) is 9.83. The number of aromatic nitrogens is 1. The average molecular weight is 264 g/mol. The number of aromatic amines is 1. The standard InChI is InChI=1S/C17H16N2O/c20-17(19-11-13-6-2-1-3-7-13)10-14-12-18-16-9-5-4-8-15(14)16/h1-9,12,18H,10-11H2,(H,19,20). The van der Waals surface area contributed by atoms with E-state index in [0.717, 1.165) is 22.0 Å². The molecule has 0 unspecified atom stereocenters. The van der Waals surface area contributed by atoms with Crippen molar-refractivity contribution in [2.75, 3.05) is 0 Å². The van der Waals surface area contributed by atoms with Gasteiger partial charge in [-0.3, -0.25) is 4.79 Å². The molecule has 0 radical (unpaired) electrons. The molecule has 0 spiro atoms. The van der Waals surface area contributed by atoms with Gasteiger partial charge in [0.2, 0.25) is 5.91 Å². The van der Waals surface area contributed by atoms with Crippen molar-refractivity contribution in [3.63, 3.8) is 0 Å². The number of benzene rings is 2. The first-order valence-corrected chi connectivity index (χ1v) is 6.68. The van der Waals surface area contributed by atoms with Crippen molar-refractivity contribution in [3.8, 4) is 0 Å². The van der Waals surface area contributed by atoms with Gasteiger partial charge in [0, 0.05) is 23.6 Å². The van der Waals surface area contributed by atoms with Crippen LogP contribution < -0.4 is 5.32 Å². The van der Waals surface area contributed by atoms with E-state index in [2.05, 4.69) is 10.3 Å². The number of carbonyl (C=O) groups excluding carboxylic acids is 1. The molecule has 3 nitrogen and oxygen atoms in total. The Kier molecular flexibility index (Phi) is 3.50. The molecule has 100 valence electrons. The molecule has 3 aromatic rings. The van der Waals surface area contributed by atoms with Crippen molar-refractivity contribution in [3.05, 3.63) is 71.9 Å². The lowest BCUT2D eigenvalue weighted by atomic mass is 10.1. The molecule has 3 heteroatoms. The van der Waals surface area contributed by atoms with Crippen molar-refractivity contribution < 1.29 is 4.79 Å². The zero-order chi connectivity index (χ0) is 13.8. The van der Waals surface area contributed by atoms with Crippen molar-refractivity contribution in [1.82, 2.24) is 10.3 Å². The van der Waals surface area contributed by atoms with E-state index in [1.807, 2.05) is 60.8 Å². The quantitative estimate of drug-likeness (QED) is 0.747. The van der Waals surface area contributed by atoms with Crippen LogP contribution in [-0.4, -0.2) is 10.9 Å². The van der Waals surface area contributed by atoms with Crippen LogP contribution in [0.25, 0.3) is 10.9 Å². The number of hydrogen-bond acceptors (Lipinski definition) is 1. The number of para-hydroxylation sites is 1. The summed E-state index contributed by atoms with van der Waals surface area (Å²) in [6.07, 6.45) is 2.31. The van der Waals surface area contributed by atoms with Crippen molar-refractivity contribution in [2.24, 2.45) is 0 Å². The summed E-state index contributed by atoms with van der Waals surface area (Å²) >= 11 is 0. The predicted molar refractivity (Wildman–Crippen MR) is 80.3 cm³/mol. The zero-order valence-electron chi connectivity index (χ0n) is 11.1. The van der Waals surface area contributed by atoms with Gasteiger partial charge in [0.25, 0.3) is 0 Å². The summed E-state index contributed by atoms with van der Waals surface area (Å²) in [7, 11) is 0. The Bertz CT molecular complexity index is 716. The van der Waals surface area contributed by atoms with Gasteiger partial charge in [-0.25, -0.2) is 0 Å². The topological polar surface area (TPSA) is 44.9 Å². The Morgan fingerprint density at radius 2 is 1.75 bits per heavy atom. The molecule has 0 aliphatic heterocycles. The van der Waals surface area contributed by atoms with Crippen LogP contribution in [0.15, 0.2) is 60.8 Å². The summed E-state index contributed by atoms with van der Waals surface area (Å²) in [4.78, 5) is 15.2. The predicted octanol–water partition coefficient (Wildman–Crippen LogP) is 3.03. The number of hydrogen-bond donors (Lipinski definition) is 2. The van der Waals surface area contributed by atoms with Crippen LogP contribution >= 0.6 is 0 Å². The molecule has 0 atom stereocenters. The molecule has 1 amide bonds. The smallest absolute Gasteiger partial charge is 0.224 e. The minimum absolute atomic E-state index is 0.0404. The van der Waals surface area contributed by atoms with Gasteiger partial charge >= 0.3 is 0 Å². The zero-order valence-corrected chi connectivity index (χ0v) is 11.1. The fraction of sp³-hybridized carbons (Fsp3) is 0.118. The first-order valence-electron chi connectivity index (χ1n) is 6.68. The summed E-state index contributed by atoms with van der Waals surface area (Å²) in [5.41, 5.74) is 3.21. The van der Waals surface area contributed by atoms with E-state index in [4.69, 9.17) is 0 Å². The molecule has 2 aromatic carbocycles. The number of H-pyrrole nitrogens is 1. The summed E-state index contributed by atoms with van der Waals surface area (Å²) in [5.74, 6) is 0.0404. The highest BCUT2D eigenvalue weighted by Crippen LogP contribution is 2.17. The fourth-order valence-corrected chi connectivity index (χ4v) is 2.31. The Morgan fingerprint density at radius 1 is 1.00 bits per heavy atom.